The van der Waals surface area contributed by atoms with Crippen molar-refractivity contribution in [2.45, 2.75) is 31.0 Å². The molecule has 6 nitrogen and oxygen atoms in total. The van der Waals surface area contributed by atoms with Crippen molar-refractivity contribution in [3.8, 4) is 0 Å². The van der Waals surface area contributed by atoms with Gasteiger partial charge in [0, 0.05) is 19.3 Å². The number of hydrogen-bond donors (Lipinski definition) is 1. The molecule has 0 atom stereocenters. The Bertz CT molecular complexity index is 1040. The third kappa shape index (κ3) is 4.11. The Kier molecular flexibility index (Phi) is 5.20. The van der Waals surface area contributed by atoms with Crippen molar-refractivity contribution in [3.05, 3.63) is 54.0 Å². The molecule has 3 aromatic rings. The van der Waals surface area contributed by atoms with Crippen LogP contribution in [-0.2, 0) is 29.2 Å². The first kappa shape index (κ1) is 19.3. The van der Waals surface area contributed by atoms with Crippen molar-refractivity contribution in [1.29, 1.82) is 0 Å². The Labute approximate surface area is 154 Å². The van der Waals surface area contributed by atoms with E-state index in [1.165, 1.54) is 30.5 Å². The van der Waals surface area contributed by atoms with Crippen LogP contribution in [0.15, 0.2) is 47.5 Å². The molecule has 0 saturated heterocycles. The lowest BCUT2D eigenvalue weighted by molar-refractivity contribution is -0.146. The molecule has 1 aromatic carbocycles. The third-order valence-corrected chi connectivity index (χ3v) is 5.50. The average Bonchev–Trinajstić information content (AvgIpc) is 3.01. The van der Waals surface area contributed by atoms with Gasteiger partial charge in [-0.05, 0) is 36.2 Å². The van der Waals surface area contributed by atoms with Gasteiger partial charge < -0.3 is 4.57 Å². The maximum absolute atomic E-state index is 13.2. The molecule has 0 radical (unpaired) electrons. The van der Waals surface area contributed by atoms with Gasteiger partial charge in [0.1, 0.15) is 5.52 Å². The molecule has 27 heavy (non-hydrogen) atoms. The Morgan fingerprint density at radius 2 is 1.85 bits per heavy atom. The number of halogens is 3. The summed E-state index contributed by atoms with van der Waals surface area (Å²) in [5.74, 6) is -1.11. The van der Waals surface area contributed by atoms with Crippen molar-refractivity contribution < 1.29 is 21.6 Å². The van der Waals surface area contributed by atoms with Crippen molar-refractivity contribution in [2.24, 2.45) is 0 Å². The molecule has 2 heterocycles. The summed E-state index contributed by atoms with van der Waals surface area (Å²) in [6, 6.07) is 9.25. The van der Waals surface area contributed by atoms with Crippen LogP contribution in [0.1, 0.15) is 18.3 Å². The van der Waals surface area contributed by atoms with E-state index in [1.807, 2.05) is 6.92 Å². The van der Waals surface area contributed by atoms with Gasteiger partial charge in [0.05, 0.1) is 4.90 Å². The van der Waals surface area contributed by atoms with Crippen LogP contribution in [0.3, 0.4) is 0 Å². The molecule has 144 valence electrons. The summed E-state index contributed by atoms with van der Waals surface area (Å²) in [4.78, 5) is 7.57. The van der Waals surface area contributed by atoms with Gasteiger partial charge >= 0.3 is 6.18 Å². The van der Waals surface area contributed by atoms with Crippen LogP contribution in [0, 0.1) is 0 Å². The Morgan fingerprint density at radius 1 is 1.15 bits per heavy atom. The maximum atomic E-state index is 13.2. The highest BCUT2D eigenvalue weighted by Crippen LogP contribution is 2.30. The molecule has 0 unspecified atom stereocenters. The third-order valence-electron chi connectivity index (χ3n) is 4.03. The van der Waals surface area contributed by atoms with Crippen LogP contribution < -0.4 is 4.72 Å². The van der Waals surface area contributed by atoms with Crippen molar-refractivity contribution in [3.63, 3.8) is 0 Å². The van der Waals surface area contributed by atoms with Crippen LogP contribution in [0.2, 0.25) is 0 Å². The molecule has 3 rings (SSSR count). The molecular formula is C17H17F3N4O2S. The summed E-state index contributed by atoms with van der Waals surface area (Å²) in [5, 5.41) is 0. The molecule has 0 saturated carbocycles. The van der Waals surface area contributed by atoms with Gasteiger partial charge in [-0.3, -0.25) is 0 Å². The number of pyridine rings is 1. The van der Waals surface area contributed by atoms with E-state index in [2.05, 4.69) is 14.7 Å². The standard InChI is InChI=1S/C17H17F3N4O2S/c1-2-12-5-7-13(8-6-12)27(25,26)22-10-11-24-15-14(4-3-9-21-15)23-16(24)17(18,19)20/h3-9,22H,2,10-11H2,1H3. The molecule has 0 fully saturated rings. The van der Waals surface area contributed by atoms with E-state index in [-0.39, 0.29) is 29.1 Å². The highest BCUT2D eigenvalue weighted by molar-refractivity contribution is 7.89. The SMILES string of the molecule is CCc1ccc(S(=O)(=O)NCCn2c(C(F)(F)F)nc3cccnc32)cc1. The normalized spacial score (nSPS) is 12.6. The maximum Gasteiger partial charge on any atom is 0.449 e. The average molecular weight is 398 g/mol. The van der Waals surface area contributed by atoms with E-state index >= 15 is 0 Å². The molecule has 1 N–H and O–H groups in total. The van der Waals surface area contributed by atoms with Crippen LogP contribution >= 0.6 is 0 Å². The first-order valence-corrected chi connectivity index (χ1v) is 9.68. The van der Waals surface area contributed by atoms with Crippen molar-refractivity contribution in [2.75, 3.05) is 6.54 Å². The summed E-state index contributed by atoms with van der Waals surface area (Å²) in [6.45, 7) is 1.46. The lowest BCUT2D eigenvalue weighted by atomic mass is 10.2. The van der Waals surface area contributed by atoms with Gasteiger partial charge in [0.2, 0.25) is 15.8 Å². The van der Waals surface area contributed by atoms with E-state index in [4.69, 9.17) is 0 Å². The number of hydrogen-bond acceptors (Lipinski definition) is 4. The smallest absolute Gasteiger partial charge is 0.304 e. The second kappa shape index (κ2) is 7.28. The molecule has 0 bridgehead atoms. The Hall–Kier alpha value is -2.46. The number of fused-ring (bicyclic) bond motifs is 1. The van der Waals surface area contributed by atoms with Gasteiger partial charge in [-0.25, -0.2) is 23.1 Å². The fourth-order valence-corrected chi connectivity index (χ4v) is 3.69. The van der Waals surface area contributed by atoms with Crippen molar-refractivity contribution >= 4 is 21.2 Å². The van der Waals surface area contributed by atoms with Gasteiger partial charge in [-0.1, -0.05) is 19.1 Å². The number of aromatic nitrogens is 3. The molecule has 0 aliphatic heterocycles. The van der Waals surface area contributed by atoms with Crippen LogP contribution in [-0.4, -0.2) is 29.5 Å². The molecule has 0 spiro atoms. The summed E-state index contributed by atoms with van der Waals surface area (Å²) in [7, 11) is -3.83. The number of alkyl halides is 3. The topological polar surface area (TPSA) is 76.9 Å². The fourth-order valence-electron chi connectivity index (χ4n) is 2.67. The summed E-state index contributed by atoms with van der Waals surface area (Å²) >= 11 is 0. The molecular weight excluding hydrogens is 381 g/mol. The van der Waals surface area contributed by atoms with Gasteiger partial charge in [-0.2, -0.15) is 13.2 Å². The van der Waals surface area contributed by atoms with E-state index in [1.54, 1.807) is 12.1 Å². The summed E-state index contributed by atoms with van der Waals surface area (Å²) in [6.07, 6.45) is -2.54. The van der Waals surface area contributed by atoms with E-state index < -0.39 is 22.0 Å². The number of nitrogens with zero attached hydrogens (tertiary/aromatic N) is 3. The first-order chi connectivity index (χ1) is 12.7. The van der Waals surface area contributed by atoms with Gasteiger partial charge in [0.25, 0.3) is 0 Å². The molecule has 0 amide bonds. The molecule has 10 heteroatoms. The first-order valence-electron chi connectivity index (χ1n) is 8.19. The monoisotopic (exact) mass is 398 g/mol. The van der Waals surface area contributed by atoms with Gasteiger partial charge in [0.15, 0.2) is 5.65 Å². The highest BCUT2D eigenvalue weighted by Gasteiger charge is 2.37. The lowest BCUT2D eigenvalue weighted by Gasteiger charge is -2.12. The number of imidazole rings is 1. The number of rotatable bonds is 6. The lowest BCUT2D eigenvalue weighted by Crippen LogP contribution is -2.28. The van der Waals surface area contributed by atoms with Crippen LogP contribution in [0.5, 0.6) is 0 Å². The summed E-state index contributed by atoms with van der Waals surface area (Å²) in [5.41, 5.74) is 1.14. The minimum atomic E-state index is -4.67. The number of nitrogens with one attached hydrogen (secondary N) is 1. The Morgan fingerprint density at radius 3 is 2.48 bits per heavy atom. The molecule has 0 aliphatic carbocycles. The van der Waals surface area contributed by atoms with Crippen LogP contribution in [0.25, 0.3) is 11.2 Å². The van der Waals surface area contributed by atoms with E-state index in [9.17, 15) is 21.6 Å². The molecule has 0 aliphatic rings. The minimum Gasteiger partial charge on any atom is -0.304 e. The number of aryl methyl sites for hydroxylation is 1. The zero-order valence-electron chi connectivity index (χ0n) is 14.4. The van der Waals surface area contributed by atoms with Gasteiger partial charge in [-0.15, -0.1) is 0 Å². The summed E-state index contributed by atoms with van der Waals surface area (Å²) < 4.78 is 67.6. The van der Waals surface area contributed by atoms with E-state index in [0.717, 1.165) is 16.6 Å². The highest BCUT2D eigenvalue weighted by atomic mass is 32.2. The Balaban J connectivity index is 1.80. The second-order valence-electron chi connectivity index (χ2n) is 5.83. The fraction of sp³-hybridized carbons (Fsp3) is 0.294. The largest absolute Gasteiger partial charge is 0.449 e. The van der Waals surface area contributed by atoms with E-state index in [0.29, 0.717) is 0 Å². The predicted octanol–water partition coefficient (Wildman–Crippen LogP) is 2.99. The minimum absolute atomic E-state index is 0.0521. The second-order valence-corrected chi connectivity index (χ2v) is 7.59. The predicted molar refractivity (Wildman–Crippen MR) is 93.5 cm³/mol. The number of benzene rings is 1. The zero-order valence-corrected chi connectivity index (χ0v) is 15.2. The van der Waals surface area contributed by atoms with Crippen molar-refractivity contribution in [1.82, 2.24) is 19.3 Å². The quantitative estimate of drug-likeness (QED) is 0.693. The van der Waals surface area contributed by atoms with Crippen LogP contribution in [0.4, 0.5) is 13.2 Å². The number of sulfonamides is 1. The zero-order chi connectivity index (χ0) is 19.7. The molecule has 2 aromatic heterocycles.